The van der Waals surface area contributed by atoms with Gasteiger partial charge in [-0.25, -0.2) is 0 Å². The first-order valence-corrected chi connectivity index (χ1v) is 13.8. The molecule has 0 atom stereocenters. The number of nitrogens with zero attached hydrogens (tertiary/aromatic N) is 1. The van der Waals surface area contributed by atoms with Gasteiger partial charge in [0.1, 0.15) is 0 Å². The maximum atomic E-state index is 10.6. The second-order valence-electron chi connectivity index (χ2n) is 8.65. The van der Waals surface area contributed by atoms with Crippen LogP contribution in [0.4, 0.5) is 0 Å². The van der Waals surface area contributed by atoms with Gasteiger partial charge in [-0.1, -0.05) is 133 Å². The Hall–Kier alpha value is -4.21. The van der Waals surface area contributed by atoms with E-state index in [4.69, 9.17) is 0 Å². The van der Waals surface area contributed by atoms with Crippen LogP contribution in [0, 0.1) is 11.3 Å². The van der Waals surface area contributed by atoms with Crippen molar-refractivity contribution >= 4 is 41.4 Å². The summed E-state index contributed by atoms with van der Waals surface area (Å²) < 4.78 is 0. The van der Waals surface area contributed by atoms with Gasteiger partial charge in [-0.2, -0.15) is 5.26 Å². The first kappa shape index (κ1) is 23.5. The van der Waals surface area contributed by atoms with E-state index < -0.39 is 15.2 Å². The van der Waals surface area contributed by atoms with E-state index in [1.165, 1.54) is 0 Å². The average Bonchev–Trinajstić information content (AvgIpc) is 2.95. The van der Waals surface area contributed by atoms with Crippen LogP contribution in [-0.2, 0) is 0 Å². The molecule has 0 unspecified atom stereocenters. The van der Waals surface area contributed by atoms with Crippen LogP contribution in [0.25, 0.3) is 11.1 Å². The molecular weight excluding hydrogens is 457 g/mol. The van der Waals surface area contributed by atoms with Crippen molar-refractivity contribution in [3.05, 3.63) is 139 Å². The minimum atomic E-state index is -3.11. The smallest absolute Gasteiger partial charge is 0.423 e. The van der Waals surface area contributed by atoms with Crippen LogP contribution in [0.3, 0.4) is 0 Å². The summed E-state index contributed by atoms with van der Waals surface area (Å²) in [6.07, 6.45) is 0. The van der Waals surface area contributed by atoms with Crippen molar-refractivity contribution in [2.24, 2.45) is 0 Å². The third-order valence-corrected chi connectivity index (χ3v) is 11.6. The summed E-state index contributed by atoms with van der Waals surface area (Å²) in [5, 5.41) is 35.4. The predicted molar refractivity (Wildman–Crippen MR) is 150 cm³/mol. The minimum absolute atomic E-state index is 0.215. The van der Waals surface area contributed by atoms with E-state index in [2.05, 4.69) is 42.5 Å². The van der Waals surface area contributed by atoms with Crippen molar-refractivity contribution in [3.8, 4) is 17.2 Å². The molecule has 0 spiro atoms. The Balaban J connectivity index is 2.06. The normalized spacial score (nSPS) is 11.0. The monoisotopic (exact) mass is 481 g/mol. The molecule has 0 aliphatic rings. The topological polar surface area (TPSA) is 64.2 Å². The molecule has 0 aliphatic heterocycles. The van der Waals surface area contributed by atoms with Gasteiger partial charge < -0.3 is 10.0 Å². The molecule has 172 valence electrons. The van der Waals surface area contributed by atoms with Crippen LogP contribution in [0.5, 0.6) is 0 Å². The van der Waals surface area contributed by atoms with E-state index in [0.717, 1.165) is 31.9 Å². The lowest BCUT2D eigenvalue weighted by atomic mass is 9.76. The van der Waals surface area contributed by atoms with E-state index in [1.807, 2.05) is 91.0 Å². The zero-order valence-electron chi connectivity index (χ0n) is 19.6. The van der Waals surface area contributed by atoms with E-state index >= 15 is 0 Å². The number of hydrogen-bond donors (Lipinski definition) is 2. The first-order valence-electron chi connectivity index (χ1n) is 11.8. The van der Waals surface area contributed by atoms with Gasteiger partial charge in [0, 0.05) is 0 Å². The molecule has 5 aromatic carbocycles. The second-order valence-corrected chi connectivity index (χ2v) is 12.4. The molecule has 0 aromatic heterocycles. The van der Waals surface area contributed by atoms with Crippen molar-refractivity contribution in [1.82, 2.24) is 0 Å². The molecular formula is C31H24BNO2Si. The summed E-state index contributed by atoms with van der Waals surface area (Å²) in [4.78, 5) is 0. The summed E-state index contributed by atoms with van der Waals surface area (Å²) in [6, 6.07) is 46.9. The Labute approximate surface area is 212 Å². The molecule has 0 saturated heterocycles. The lowest BCUT2D eigenvalue weighted by molar-refractivity contribution is 0.425. The van der Waals surface area contributed by atoms with E-state index in [1.54, 1.807) is 6.07 Å². The second kappa shape index (κ2) is 10.2. The SMILES string of the molecule is N#Cc1c(B(O)O)ccc(-c2ccccc2)c1[Si](c1ccccc1)(c1ccccc1)c1ccccc1. The highest BCUT2D eigenvalue weighted by Crippen LogP contribution is 2.23. The van der Waals surface area contributed by atoms with Crippen LogP contribution in [0.15, 0.2) is 133 Å². The highest BCUT2D eigenvalue weighted by molar-refractivity contribution is 7.20. The molecule has 3 nitrogen and oxygen atoms in total. The van der Waals surface area contributed by atoms with Gasteiger partial charge in [0.25, 0.3) is 0 Å². The summed E-state index contributed by atoms with van der Waals surface area (Å²) in [7, 11) is -4.88. The van der Waals surface area contributed by atoms with E-state index in [-0.39, 0.29) is 5.46 Å². The molecule has 0 radical (unpaired) electrons. The van der Waals surface area contributed by atoms with Crippen LogP contribution in [0.1, 0.15) is 5.56 Å². The van der Waals surface area contributed by atoms with Crippen LogP contribution >= 0.6 is 0 Å². The molecule has 0 aliphatic carbocycles. The molecule has 0 fully saturated rings. The van der Waals surface area contributed by atoms with Crippen molar-refractivity contribution in [2.75, 3.05) is 0 Å². The molecule has 5 rings (SSSR count). The van der Waals surface area contributed by atoms with Crippen molar-refractivity contribution in [1.29, 1.82) is 5.26 Å². The van der Waals surface area contributed by atoms with Gasteiger partial charge in [0.15, 0.2) is 8.07 Å². The summed E-state index contributed by atoms with van der Waals surface area (Å²) in [6.45, 7) is 0. The molecule has 5 heteroatoms. The standard InChI is InChI=1S/C31H24BNO2Si/c33-23-29-30(32(34)35)22-21-28(24-13-5-1-6-14-24)31(29)36(25-15-7-2-8-16-25,26-17-9-3-10-18-26)27-19-11-4-12-20-27/h1-22,34-35H. The third-order valence-electron chi connectivity index (χ3n) is 6.71. The maximum absolute atomic E-state index is 10.6. The van der Waals surface area contributed by atoms with Gasteiger partial charge in [-0.15, -0.1) is 0 Å². The van der Waals surface area contributed by atoms with E-state index in [9.17, 15) is 15.3 Å². The Morgan fingerprint density at radius 3 is 1.36 bits per heavy atom. The molecule has 0 amide bonds. The Morgan fingerprint density at radius 1 is 0.556 bits per heavy atom. The zero-order valence-corrected chi connectivity index (χ0v) is 20.6. The summed E-state index contributed by atoms with van der Waals surface area (Å²) >= 11 is 0. The molecule has 0 saturated carbocycles. The fourth-order valence-electron chi connectivity index (χ4n) is 5.20. The number of benzene rings is 5. The van der Waals surface area contributed by atoms with Crippen LogP contribution in [0.2, 0.25) is 0 Å². The largest absolute Gasteiger partial charge is 0.489 e. The van der Waals surface area contributed by atoms with Gasteiger partial charge in [-0.05, 0) is 37.3 Å². The molecule has 36 heavy (non-hydrogen) atoms. The van der Waals surface area contributed by atoms with Crippen LogP contribution in [-0.4, -0.2) is 25.2 Å². The molecule has 2 N–H and O–H groups in total. The quantitative estimate of drug-likeness (QED) is 0.289. The third kappa shape index (κ3) is 3.98. The Kier molecular flexibility index (Phi) is 6.66. The highest BCUT2D eigenvalue weighted by Gasteiger charge is 2.45. The van der Waals surface area contributed by atoms with Gasteiger partial charge >= 0.3 is 7.12 Å². The molecule has 0 heterocycles. The average molecular weight is 481 g/mol. The summed E-state index contributed by atoms with van der Waals surface area (Å²) in [5.41, 5.74) is 2.42. The molecule has 5 aromatic rings. The van der Waals surface area contributed by atoms with E-state index in [0.29, 0.717) is 5.56 Å². The fourth-order valence-corrected chi connectivity index (χ4v) is 10.3. The van der Waals surface area contributed by atoms with Gasteiger partial charge in [0.2, 0.25) is 0 Å². The van der Waals surface area contributed by atoms with Crippen molar-refractivity contribution in [2.45, 2.75) is 0 Å². The lowest BCUT2D eigenvalue weighted by Gasteiger charge is -2.37. The molecule has 0 bridgehead atoms. The number of nitriles is 1. The number of hydrogen-bond acceptors (Lipinski definition) is 3. The van der Waals surface area contributed by atoms with Crippen LogP contribution < -0.4 is 26.2 Å². The zero-order chi connectivity index (χ0) is 25.0. The Bertz CT molecular complexity index is 1410. The maximum Gasteiger partial charge on any atom is 0.489 e. The minimum Gasteiger partial charge on any atom is -0.423 e. The first-order chi connectivity index (χ1) is 17.7. The predicted octanol–water partition coefficient (Wildman–Crippen LogP) is 2.28. The Morgan fingerprint density at radius 2 is 0.972 bits per heavy atom. The number of rotatable bonds is 6. The summed E-state index contributed by atoms with van der Waals surface area (Å²) in [5.74, 6) is 0. The van der Waals surface area contributed by atoms with Crippen molar-refractivity contribution in [3.63, 3.8) is 0 Å². The lowest BCUT2D eigenvalue weighted by Crippen LogP contribution is -2.76. The van der Waals surface area contributed by atoms with Gasteiger partial charge in [-0.3, -0.25) is 0 Å². The highest BCUT2D eigenvalue weighted by atomic mass is 28.3. The van der Waals surface area contributed by atoms with Gasteiger partial charge in [0.05, 0.1) is 11.6 Å². The van der Waals surface area contributed by atoms with Crippen molar-refractivity contribution < 1.29 is 10.0 Å². The fraction of sp³-hybridized carbons (Fsp3) is 0.